The predicted octanol–water partition coefficient (Wildman–Crippen LogP) is 2.02. The maximum atomic E-state index is 8.99. The molecule has 1 aliphatic heterocycles. The van der Waals surface area contributed by atoms with Crippen LogP contribution in [0.1, 0.15) is 45.4 Å². The summed E-state index contributed by atoms with van der Waals surface area (Å²) < 4.78 is 0. The second-order valence-electron chi connectivity index (χ2n) is 5.15. The summed E-state index contributed by atoms with van der Waals surface area (Å²) in [6.07, 6.45) is 8.46. The summed E-state index contributed by atoms with van der Waals surface area (Å²) in [4.78, 5) is 2.49. The molecule has 0 aromatic carbocycles. The van der Waals surface area contributed by atoms with E-state index in [-0.39, 0.29) is 0 Å². The van der Waals surface area contributed by atoms with Crippen LogP contribution in [-0.4, -0.2) is 35.2 Å². The van der Waals surface area contributed by atoms with Gasteiger partial charge in [-0.15, -0.1) is 0 Å². The van der Waals surface area contributed by atoms with Crippen LogP contribution in [0.5, 0.6) is 0 Å². The Balaban J connectivity index is 1.93. The molecule has 2 fully saturated rings. The number of likely N-dealkylation sites (tertiary alicyclic amines) is 1. The molecule has 1 N–H and O–H groups in total. The van der Waals surface area contributed by atoms with Crippen LogP contribution < -0.4 is 0 Å². The molecule has 2 heteroatoms. The van der Waals surface area contributed by atoms with Gasteiger partial charge in [-0.25, -0.2) is 0 Å². The molecule has 2 nitrogen and oxygen atoms in total. The highest BCUT2D eigenvalue weighted by Gasteiger charge is 2.45. The Kier molecular flexibility index (Phi) is 3.13. The minimum atomic E-state index is 0.322. The number of rotatable bonds is 3. The highest BCUT2D eigenvalue weighted by molar-refractivity contribution is 5.01. The second-order valence-corrected chi connectivity index (χ2v) is 5.15. The Morgan fingerprint density at radius 1 is 1.29 bits per heavy atom. The van der Waals surface area contributed by atoms with E-state index in [0.717, 1.165) is 12.5 Å². The number of aliphatic hydroxyl groups is 1. The number of β-amino-alcohol motifs (C(OH)–C–C–N with tert-alkyl or cyclic N) is 1. The second kappa shape index (κ2) is 4.19. The molecule has 1 unspecified atom stereocenters. The minimum absolute atomic E-state index is 0.322. The first kappa shape index (κ1) is 10.4. The molecule has 2 rings (SSSR count). The molecule has 1 heterocycles. The number of nitrogens with zero attached hydrogens (tertiary/aromatic N) is 1. The topological polar surface area (TPSA) is 23.5 Å². The van der Waals surface area contributed by atoms with Gasteiger partial charge in [-0.3, -0.25) is 4.90 Å². The van der Waals surface area contributed by atoms with Crippen molar-refractivity contribution < 1.29 is 5.11 Å². The van der Waals surface area contributed by atoms with E-state index < -0.39 is 0 Å². The van der Waals surface area contributed by atoms with Crippen LogP contribution in [0.25, 0.3) is 0 Å². The lowest BCUT2D eigenvalue weighted by Crippen LogP contribution is -2.62. The van der Waals surface area contributed by atoms with Crippen molar-refractivity contribution in [2.75, 3.05) is 19.7 Å². The number of aliphatic hydroxyl groups excluding tert-OH is 1. The Labute approximate surface area is 87.3 Å². The largest absolute Gasteiger partial charge is 0.395 e. The summed E-state index contributed by atoms with van der Waals surface area (Å²) in [5.74, 6) is 0.900. The normalized spacial score (nSPS) is 35.6. The van der Waals surface area contributed by atoms with Crippen molar-refractivity contribution in [3.05, 3.63) is 0 Å². The van der Waals surface area contributed by atoms with Crippen LogP contribution in [-0.2, 0) is 0 Å². The van der Waals surface area contributed by atoms with Gasteiger partial charge in [-0.1, -0.05) is 19.3 Å². The van der Waals surface area contributed by atoms with E-state index in [0.29, 0.717) is 12.1 Å². The van der Waals surface area contributed by atoms with Crippen molar-refractivity contribution >= 4 is 0 Å². The zero-order valence-corrected chi connectivity index (χ0v) is 9.34. The fourth-order valence-electron chi connectivity index (χ4n) is 3.30. The van der Waals surface area contributed by atoms with Crippen LogP contribution in [0.3, 0.4) is 0 Å². The molecule has 0 radical (unpaired) electrons. The molecule has 2 aliphatic rings. The molecule has 82 valence electrons. The number of hydrogen-bond donors (Lipinski definition) is 1. The highest BCUT2D eigenvalue weighted by atomic mass is 16.3. The van der Waals surface area contributed by atoms with Crippen molar-refractivity contribution in [3.63, 3.8) is 0 Å². The zero-order valence-electron chi connectivity index (χ0n) is 9.34. The summed E-state index contributed by atoms with van der Waals surface area (Å²) in [5.41, 5.74) is 0.434. The van der Waals surface area contributed by atoms with Crippen LogP contribution in [0.15, 0.2) is 0 Å². The summed E-state index contributed by atoms with van der Waals surface area (Å²) >= 11 is 0. The molecular weight excluding hydrogens is 174 g/mol. The van der Waals surface area contributed by atoms with Crippen molar-refractivity contribution in [1.82, 2.24) is 4.90 Å². The van der Waals surface area contributed by atoms with Crippen molar-refractivity contribution in [3.8, 4) is 0 Å². The Bertz CT molecular complexity index is 189. The molecule has 0 aromatic rings. The summed E-state index contributed by atoms with van der Waals surface area (Å²) in [6, 6.07) is 0. The van der Waals surface area contributed by atoms with E-state index >= 15 is 0 Å². The van der Waals surface area contributed by atoms with E-state index in [1.807, 2.05) is 0 Å². The lowest BCUT2D eigenvalue weighted by atomic mass is 9.69. The predicted molar refractivity (Wildman–Crippen MR) is 58.3 cm³/mol. The lowest BCUT2D eigenvalue weighted by molar-refractivity contribution is -0.0639. The maximum Gasteiger partial charge on any atom is 0.0558 e. The van der Waals surface area contributed by atoms with E-state index in [9.17, 15) is 0 Å². The van der Waals surface area contributed by atoms with Gasteiger partial charge in [0.05, 0.1) is 6.61 Å². The third-order valence-corrected chi connectivity index (χ3v) is 4.46. The lowest BCUT2D eigenvalue weighted by Gasteiger charge is -2.56. The molecule has 1 atom stereocenters. The zero-order chi connectivity index (χ0) is 10.0. The van der Waals surface area contributed by atoms with Crippen molar-refractivity contribution in [2.24, 2.45) is 5.92 Å². The standard InChI is InChI=1S/C12H23NO/c1-12(7-8-13(12)9-10-14)11-5-3-2-4-6-11/h11,14H,2-10H2,1H3. The first-order valence-electron chi connectivity index (χ1n) is 6.13. The molecule has 0 amide bonds. The molecular formula is C12H23NO. The van der Waals surface area contributed by atoms with Gasteiger partial charge in [0, 0.05) is 18.6 Å². The monoisotopic (exact) mass is 197 g/mol. The number of hydrogen-bond acceptors (Lipinski definition) is 2. The van der Waals surface area contributed by atoms with Crippen LogP contribution in [0.4, 0.5) is 0 Å². The summed E-state index contributed by atoms with van der Waals surface area (Å²) in [5, 5.41) is 8.99. The van der Waals surface area contributed by atoms with Crippen LogP contribution in [0.2, 0.25) is 0 Å². The van der Waals surface area contributed by atoms with Gasteiger partial charge in [0.1, 0.15) is 0 Å². The molecule has 1 saturated carbocycles. The van der Waals surface area contributed by atoms with Gasteiger partial charge in [-0.2, -0.15) is 0 Å². The highest BCUT2D eigenvalue weighted by Crippen LogP contribution is 2.43. The Morgan fingerprint density at radius 2 is 2.00 bits per heavy atom. The minimum Gasteiger partial charge on any atom is -0.395 e. The average Bonchev–Trinajstić information content (AvgIpc) is 2.24. The van der Waals surface area contributed by atoms with Gasteiger partial charge in [0.2, 0.25) is 0 Å². The smallest absolute Gasteiger partial charge is 0.0558 e. The van der Waals surface area contributed by atoms with Gasteiger partial charge in [0.15, 0.2) is 0 Å². The first-order chi connectivity index (χ1) is 6.77. The van der Waals surface area contributed by atoms with Crippen molar-refractivity contribution in [2.45, 2.75) is 51.0 Å². The van der Waals surface area contributed by atoms with E-state index in [4.69, 9.17) is 5.11 Å². The quantitative estimate of drug-likeness (QED) is 0.748. The SMILES string of the molecule is CC1(C2CCCCC2)CCN1CCO. The molecule has 1 saturated heterocycles. The molecule has 0 bridgehead atoms. The molecule has 0 aromatic heterocycles. The van der Waals surface area contributed by atoms with E-state index in [1.54, 1.807) is 0 Å². The van der Waals surface area contributed by atoms with Crippen LogP contribution in [0, 0.1) is 5.92 Å². The first-order valence-corrected chi connectivity index (χ1v) is 6.13. The maximum absolute atomic E-state index is 8.99. The third kappa shape index (κ3) is 1.70. The fourth-order valence-corrected chi connectivity index (χ4v) is 3.30. The van der Waals surface area contributed by atoms with E-state index in [1.165, 1.54) is 45.1 Å². The van der Waals surface area contributed by atoms with Gasteiger partial charge >= 0.3 is 0 Å². The molecule has 1 aliphatic carbocycles. The molecule has 0 spiro atoms. The Hall–Kier alpha value is -0.0800. The third-order valence-electron chi connectivity index (χ3n) is 4.46. The molecule has 14 heavy (non-hydrogen) atoms. The van der Waals surface area contributed by atoms with Gasteiger partial charge < -0.3 is 5.11 Å². The summed E-state index contributed by atoms with van der Waals surface area (Å²) in [7, 11) is 0. The Morgan fingerprint density at radius 3 is 2.50 bits per heavy atom. The van der Waals surface area contributed by atoms with E-state index in [2.05, 4.69) is 11.8 Å². The van der Waals surface area contributed by atoms with Gasteiger partial charge in [0.25, 0.3) is 0 Å². The van der Waals surface area contributed by atoms with Crippen molar-refractivity contribution in [1.29, 1.82) is 0 Å². The van der Waals surface area contributed by atoms with Gasteiger partial charge in [-0.05, 0) is 32.1 Å². The average molecular weight is 197 g/mol. The van der Waals surface area contributed by atoms with Crippen LogP contribution >= 0.6 is 0 Å². The fraction of sp³-hybridized carbons (Fsp3) is 1.00. The summed E-state index contributed by atoms with van der Waals surface area (Å²) in [6.45, 7) is 4.81.